The van der Waals surface area contributed by atoms with E-state index in [9.17, 15) is 28.0 Å². The summed E-state index contributed by atoms with van der Waals surface area (Å²) in [4.78, 5) is 70.7. The van der Waals surface area contributed by atoms with Gasteiger partial charge in [0, 0.05) is 70.9 Å². The summed E-state index contributed by atoms with van der Waals surface area (Å²) in [6.45, 7) is 7.82. The molecule has 22 heteroatoms. The molecule has 2 aromatic carbocycles. The predicted molar refractivity (Wildman–Crippen MR) is 270 cm³/mol. The first-order chi connectivity index (χ1) is 34.3. The van der Waals surface area contributed by atoms with Gasteiger partial charge in [0.1, 0.15) is 22.8 Å². The number of aryl methyl sites for hydroxylation is 2. The lowest BCUT2D eigenvalue weighted by Crippen LogP contribution is -2.39. The van der Waals surface area contributed by atoms with Crippen LogP contribution in [0, 0.1) is 37.3 Å². The van der Waals surface area contributed by atoms with E-state index in [0.29, 0.717) is 85.2 Å². The van der Waals surface area contributed by atoms with E-state index in [0.717, 1.165) is 22.5 Å². The summed E-state index contributed by atoms with van der Waals surface area (Å²) < 4.78 is 29.9. The lowest BCUT2D eigenvalue weighted by molar-refractivity contribution is -0.123. The molecule has 0 spiro atoms. The Morgan fingerprint density at radius 1 is 0.694 bits per heavy atom. The van der Waals surface area contributed by atoms with Gasteiger partial charge in [-0.1, -0.05) is 23.2 Å². The second kappa shape index (κ2) is 24.7. The number of nitrogens with one attached hydrogen (secondary N) is 5. The molecule has 4 amide bonds. The number of anilines is 2. The zero-order valence-electron chi connectivity index (χ0n) is 41.1. The number of amides is 4. The van der Waals surface area contributed by atoms with E-state index in [-0.39, 0.29) is 76.1 Å². The SMILES string of the molecule is CNC(C)c1cnc2c(C(=O)N[C@H]3CC[C@H](C(=O)Nc4ccc(F)cc4Cl)CC3)cnn2c1C.Cc1c(C(C)N(C)C)cnc2c(C(=O)N[C@H]3CC[C@H](C(=O)Nc4ccc(F)cc4Cl)CC3)cnn12.O=CO. The van der Waals surface area contributed by atoms with Crippen LogP contribution in [0.1, 0.15) is 121 Å². The van der Waals surface area contributed by atoms with Gasteiger partial charge in [0.2, 0.25) is 11.8 Å². The summed E-state index contributed by atoms with van der Waals surface area (Å²) >= 11 is 12.0. The number of hydrogen-bond acceptors (Lipinski definition) is 11. The topological polar surface area (TPSA) is 229 Å². The second-order valence-electron chi connectivity index (χ2n) is 18.2. The lowest BCUT2D eigenvalue weighted by atomic mass is 9.85. The van der Waals surface area contributed by atoms with Crippen molar-refractivity contribution in [2.75, 3.05) is 31.8 Å². The second-order valence-corrected chi connectivity index (χ2v) is 19.0. The van der Waals surface area contributed by atoms with Crippen LogP contribution in [0.15, 0.2) is 61.2 Å². The third kappa shape index (κ3) is 13.1. The number of carbonyl (C=O) groups excluding carboxylic acids is 4. The first-order valence-electron chi connectivity index (χ1n) is 23.6. The first-order valence-corrected chi connectivity index (χ1v) is 24.3. The minimum absolute atomic E-state index is 0.0365. The average molecular weight is 1030 g/mol. The Balaban J connectivity index is 0.000000223. The first kappa shape index (κ1) is 54.7. The lowest BCUT2D eigenvalue weighted by Gasteiger charge is -2.28. The summed E-state index contributed by atoms with van der Waals surface area (Å²) in [6, 6.07) is 7.97. The van der Waals surface area contributed by atoms with Crippen LogP contribution in [0.3, 0.4) is 0 Å². The van der Waals surface area contributed by atoms with E-state index in [4.69, 9.17) is 33.1 Å². The Kier molecular flexibility index (Phi) is 18.8. The van der Waals surface area contributed by atoms with Gasteiger partial charge in [0.25, 0.3) is 18.3 Å². The summed E-state index contributed by atoms with van der Waals surface area (Å²) in [7, 11) is 5.89. The Labute approximate surface area is 425 Å². The smallest absolute Gasteiger partial charge is 0.290 e. The molecule has 2 aliphatic rings. The fourth-order valence-corrected chi connectivity index (χ4v) is 9.31. The molecule has 6 aromatic rings. The van der Waals surface area contributed by atoms with Gasteiger partial charge in [0.15, 0.2) is 11.3 Å². The third-order valence-electron chi connectivity index (χ3n) is 13.5. The van der Waals surface area contributed by atoms with Crippen molar-refractivity contribution in [3.05, 3.63) is 117 Å². The number of carbonyl (C=O) groups is 5. The maximum atomic E-state index is 13.2. The molecule has 0 aliphatic heterocycles. The van der Waals surface area contributed by atoms with Gasteiger partial charge in [0.05, 0.1) is 33.8 Å². The van der Waals surface area contributed by atoms with Crippen LogP contribution in [0.4, 0.5) is 20.2 Å². The van der Waals surface area contributed by atoms with E-state index in [2.05, 4.69) is 58.6 Å². The third-order valence-corrected chi connectivity index (χ3v) is 14.1. The molecule has 2 unspecified atom stereocenters. The van der Waals surface area contributed by atoms with E-state index in [1.165, 1.54) is 36.4 Å². The van der Waals surface area contributed by atoms with Crippen molar-refractivity contribution < 1.29 is 37.9 Å². The Bertz CT molecular complexity index is 2920. The van der Waals surface area contributed by atoms with Crippen LogP contribution < -0.4 is 26.6 Å². The molecule has 0 saturated heterocycles. The summed E-state index contributed by atoms with van der Waals surface area (Å²) in [5, 5.41) is 30.9. The maximum absolute atomic E-state index is 13.2. The van der Waals surface area contributed by atoms with Crippen molar-refractivity contribution in [1.82, 2.24) is 50.0 Å². The number of rotatable bonds is 12. The molecule has 0 radical (unpaired) electrons. The number of carboxylic acid groups (broad SMARTS) is 1. The molecular formula is C50H60Cl2F2N12O6. The minimum atomic E-state index is -0.455. The van der Waals surface area contributed by atoms with E-state index in [1.54, 1.807) is 27.6 Å². The van der Waals surface area contributed by atoms with Gasteiger partial charge in [-0.2, -0.15) is 10.2 Å². The Hall–Kier alpha value is -6.61. The van der Waals surface area contributed by atoms with Gasteiger partial charge < -0.3 is 36.6 Å². The molecule has 2 fully saturated rings. The minimum Gasteiger partial charge on any atom is -0.483 e. The number of benzene rings is 2. The van der Waals surface area contributed by atoms with Crippen LogP contribution >= 0.6 is 23.2 Å². The largest absolute Gasteiger partial charge is 0.483 e. The molecule has 4 aromatic heterocycles. The van der Waals surface area contributed by atoms with Crippen LogP contribution in [0.2, 0.25) is 10.0 Å². The highest BCUT2D eigenvalue weighted by Crippen LogP contribution is 2.31. The van der Waals surface area contributed by atoms with Crippen molar-refractivity contribution in [3.8, 4) is 0 Å². The normalized spacial score (nSPS) is 18.4. The van der Waals surface area contributed by atoms with Gasteiger partial charge in [-0.15, -0.1) is 0 Å². The van der Waals surface area contributed by atoms with Crippen LogP contribution in [0.5, 0.6) is 0 Å². The number of halogens is 4. The molecule has 2 saturated carbocycles. The number of aromatic nitrogens is 6. The van der Waals surface area contributed by atoms with Crippen molar-refractivity contribution in [2.45, 2.75) is 103 Å². The molecule has 0 bridgehead atoms. The van der Waals surface area contributed by atoms with Gasteiger partial charge in [-0.25, -0.2) is 27.8 Å². The molecule has 2 aliphatic carbocycles. The number of nitrogens with zero attached hydrogens (tertiary/aromatic N) is 7. The van der Waals surface area contributed by atoms with Gasteiger partial charge in [-0.3, -0.25) is 24.0 Å². The van der Waals surface area contributed by atoms with Crippen molar-refractivity contribution in [1.29, 1.82) is 0 Å². The number of hydrogen-bond donors (Lipinski definition) is 6. The van der Waals surface area contributed by atoms with Crippen molar-refractivity contribution in [2.24, 2.45) is 11.8 Å². The highest BCUT2D eigenvalue weighted by molar-refractivity contribution is 6.34. The average Bonchev–Trinajstić information content (AvgIpc) is 4.00. The number of fused-ring (bicyclic) bond motifs is 2. The Morgan fingerprint density at radius 3 is 1.46 bits per heavy atom. The van der Waals surface area contributed by atoms with Gasteiger partial charge in [-0.05, 0) is 137 Å². The highest BCUT2D eigenvalue weighted by Gasteiger charge is 2.31. The van der Waals surface area contributed by atoms with E-state index in [1.807, 2.05) is 48.1 Å². The predicted octanol–water partition coefficient (Wildman–Crippen LogP) is 8.12. The zero-order valence-corrected chi connectivity index (χ0v) is 42.6. The summed E-state index contributed by atoms with van der Waals surface area (Å²) in [6.07, 6.45) is 11.9. The maximum Gasteiger partial charge on any atom is 0.290 e. The fraction of sp³-hybridized carbons (Fsp3) is 0.420. The van der Waals surface area contributed by atoms with Crippen molar-refractivity contribution in [3.63, 3.8) is 0 Å². The standard InChI is InChI=1S/C25H30ClFN6O2.C24H28ClFN6O2.CH2O2/c1-14(32(3)4)19-12-28-23-20(13-29-33(23)15(19)2)25(35)30-18-8-5-16(6-9-18)24(34)31-22-10-7-17(27)11-21(22)26;1-13(27-3)18-11-28-22-19(12-29-32(22)14(18)2)24(34)30-17-7-4-15(5-8-17)23(33)31-21-9-6-16(26)10-20(21)25;2-1-3/h7,10-14,16,18H,5-6,8-9H2,1-4H3,(H,30,35)(H,31,34);6,9-13,15,17,27H,4-5,7-8H2,1-3H3,(H,30,34)(H,31,33);1H,(H,2,3)/t14?,16-,18-;13?,15-,17-;. The molecular weight excluding hydrogens is 974 g/mol. The molecule has 18 nitrogen and oxygen atoms in total. The van der Waals surface area contributed by atoms with Crippen molar-refractivity contribution >= 4 is 76.0 Å². The zero-order chi connectivity index (χ0) is 52.4. The monoisotopic (exact) mass is 1030 g/mol. The van der Waals surface area contributed by atoms with Crippen LogP contribution in [0.25, 0.3) is 11.3 Å². The van der Waals surface area contributed by atoms with Crippen LogP contribution in [-0.4, -0.2) is 103 Å². The van der Waals surface area contributed by atoms with Gasteiger partial charge >= 0.3 is 0 Å². The summed E-state index contributed by atoms with van der Waals surface area (Å²) in [5.41, 5.74) is 6.64. The molecule has 2 atom stereocenters. The fourth-order valence-electron chi connectivity index (χ4n) is 8.88. The van der Waals surface area contributed by atoms with E-state index < -0.39 is 11.6 Å². The summed E-state index contributed by atoms with van der Waals surface area (Å²) in [5.74, 6) is -2.02. The Morgan fingerprint density at radius 2 is 1.08 bits per heavy atom. The highest BCUT2D eigenvalue weighted by atomic mass is 35.5. The molecule has 6 N–H and O–H groups in total. The molecule has 72 heavy (non-hydrogen) atoms. The molecule has 4 heterocycles. The quantitative estimate of drug-likeness (QED) is 0.0639. The molecule has 8 rings (SSSR count). The van der Waals surface area contributed by atoms with Crippen LogP contribution in [-0.2, 0) is 14.4 Å². The molecule has 384 valence electrons. The van der Waals surface area contributed by atoms with E-state index >= 15 is 0 Å².